The van der Waals surface area contributed by atoms with E-state index in [4.69, 9.17) is 19.2 Å². The Bertz CT molecular complexity index is 936. The lowest BCUT2D eigenvalue weighted by Crippen LogP contribution is -2.28. The molecule has 0 radical (unpaired) electrons. The topological polar surface area (TPSA) is 112 Å². The molecule has 5 rings (SSSR count). The zero-order chi connectivity index (χ0) is 29.3. The fourth-order valence-electron chi connectivity index (χ4n) is 7.93. The predicted octanol–water partition coefficient (Wildman–Crippen LogP) is 8.89. The summed E-state index contributed by atoms with van der Waals surface area (Å²) < 4.78 is 12.0. The largest absolute Gasteiger partial charge is 0.459 e. The van der Waals surface area contributed by atoms with Gasteiger partial charge >= 0.3 is 11.9 Å². The van der Waals surface area contributed by atoms with Gasteiger partial charge in [0, 0.05) is 0 Å². The van der Waals surface area contributed by atoms with Crippen LogP contribution in [0.5, 0.6) is 0 Å². The molecule has 0 bridgehead atoms. The molecule has 2 unspecified atom stereocenters. The number of ether oxygens (including phenoxy) is 2. The number of rotatable bonds is 10. The summed E-state index contributed by atoms with van der Waals surface area (Å²) in [6, 6.07) is 3.34. The molecule has 0 spiro atoms. The van der Waals surface area contributed by atoms with Gasteiger partial charge in [0.25, 0.3) is 0 Å². The summed E-state index contributed by atoms with van der Waals surface area (Å²) in [4.78, 5) is 38.0. The van der Waals surface area contributed by atoms with Crippen LogP contribution in [0.25, 0.3) is 0 Å². The van der Waals surface area contributed by atoms with Crippen molar-refractivity contribution in [3.8, 4) is 0 Å². The summed E-state index contributed by atoms with van der Waals surface area (Å²) in [7, 11) is 0. The lowest BCUT2D eigenvalue weighted by atomic mass is 9.76. The van der Waals surface area contributed by atoms with E-state index < -0.39 is 24.1 Å². The van der Waals surface area contributed by atoms with E-state index in [9.17, 15) is 20.1 Å². The van der Waals surface area contributed by atoms with Crippen molar-refractivity contribution in [1.82, 2.24) is 0 Å². The smallest absolute Gasteiger partial charge is 0.339 e. The summed E-state index contributed by atoms with van der Waals surface area (Å²) in [5.74, 6) is -1.03. The zero-order valence-corrected chi connectivity index (χ0v) is 25.1. The van der Waals surface area contributed by atoms with Crippen LogP contribution in [0.3, 0.4) is 0 Å². The molecule has 8 nitrogen and oxygen atoms in total. The number of hydrogen-bond acceptors (Lipinski definition) is 8. The van der Waals surface area contributed by atoms with E-state index >= 15 is 0 Å². The quantitative estimate of drug-likeness (QED) is 0.159. The van der Waals surface area contributed by atoms with Gasteiger partial charge in [0.1, 0.15) is 24.4 Å². The second-order valence-electron chi connectivity index (χ2n) is 13.2. The Labute approximate surface area is 250 Å². The van der Waals surface area contributed by atoms with Crippen LogP contribution in [0, 0.1) is 11.8 Å². The summed E-state index contributed by atoms with van der Waals surface area (Å²) in [6.45, 7) is 0. The highest BCUT2D eigenvalue weighted by Gasteiger charge is 2.37. The van der Waals surface area contributed by atoms with Gasteiger partial charge in [-0.15, -0.1) is 0 Å². The van der Waals surface area contributed by atoms with Crippen molar-refractivity contribution < 1.29 is 39.4 Å². The fraction of sp³-hybridized carbons (Fsp3) is 0.765. The van der Waals surface area contributed by atoms with Gasteiger partial charge in [-0.3, -0.25) is 10.5 Å². The standard InChI is InChI=1S/C34H50O8/c35-33(39-25-17-9-3-10-18-25)29-21-27(31(41-37)23-13-5-1-6-14-23)28(32(42-38)24-15-7-2-8-16-24)22-30(29)34(36)40-26-19-11-4-12-20-26/h21-26,31-32,37-38H,1-20H2. The third kappa shape index (κ3) is 7.74. The normalized spacial score (nSPS) is 23.3. The monoisotopic (exact) mass is 586 g/mol. The molecule has 0 aliphatic heterocycles. The molecule has 4 saturated carbocycles. The van der Waals surface area contributed by atoms with Gasteiger partial charge < -0.3 is 9.47 Å². The van der Waals surface area contributed by atoms with E-state index in [1.165, 1.54) is 0 Å². The van der Waals surface area contributed by atoms with Crippen molar-refractivity contribution >= 4 is 11.9 Å². The third-order valence-corrected chi connectivity index (χ3v) is 10.3. The number of benzene rings is 1. The van der Waals surface area contributed by atoms with Crippen molar-refractivity contribution in [2.24, 2.45) is 11.8 Å². The van der Waals surface area contributed by atoms with Crippen LogP contribution >= 0.6 is 0 Å². The Morgan fingerprint density at radius 2 is 0.833 bits per heavy atom. The molecular weight excluding hydrogens is 536 g/mol. The van der Waals surface area contributed by atoms with Crippen LogP contribution in [0.1, 0.15) is 172 Å². The summed E-state index contributed by atoms with van der Waals surface area (Å²) in [6.07, 6.45) is 17.7. The molecule has 0 heterocycles. The Morgan fingerprint density at radius 3 is 1.14 bits per heavy atom. The summed E-state index contributed by atoms with van der Waals surface area (Å²) >= 11 is 0. The average Bonchev–Trinajstić information content (AvgIpc) is 3.04. The first-order valence-electron chi connectivity index (χ1n) is 16.8. The molecule has 4 aliphatic rings. The van der Waals surface area contributed by atoms with Gasteiger partial charge in [-0.05, 0) is 112 Å². The average molecular weight is 587 g/mol. The van der Waals surface area contributed by atoms with E-state index in [1.807, 2.05) is 0 Å². The molecule has 0 saturated heterocycles. The SMILES string of the molecule is O=C(OC1CCCCC1)c1cc(C(OO)C2CCCCC2)c(C(OO)C2CCCCC2)cc1C(=O)OC1CCCCC1. The van der Waals surface area contributed by atoms with Gasteiger partial charge in [0.2, 0.25) is 0 Å². The van der Waals surface area contributed by atoms with E-state index in [0.29, 0.717) is 11.1 Å². The Balaban J connectivity index is 1.58. The maximum absolute atomic E-state index is 13.8. The molecule has 8 heteroatoms. The highest BCUT2D eigenvalue weighted by atomic mass is 17.1. The van der Waals surface area contributed by atoms with Crippen molar-refractivity contribution in [3.05, 3.63) is 34.4 Å². The maximum atomic E-state index is 13.8. The molecule has 4 fully saturated rings. The molecular formula is C34H50O8. The van der Waals surface area contributed by atoms with E-state index in [1.54, 1.807) is 12.1 Å². The highest BCUT2D eigenvalue weighted by Crippen LogP contribution is 2.45. The molecule has 2 atom stereocenters. The molecule has 2 N–H and O–H groups in total. The first-order chi connectivity index (χ1) is 20.6. The van der Waals surface area contributed by atoms with Crippen LogP contribution in [-0.4, -0.2) is 34.7 Å². The first-order valence-corrected chi connectivity index (χ1v) is 16.8. The maximum Gasteiger partial charge on any atom is 0.339 e. The molecule has 234 valence electrons. The lowest BCUT2D eigenvalue weighted by molar-refractivity contribution is -0.303. The van der Waals surface area contributed by atoms with Gasteiger partial charge in [-0.2, -0.15) is 0 Å². The molecule has 0 amide bonds. The van der Waals surface area contributed by atoms with Crippen LogP contribution in [0.15, 0.2) is 12.1 Å². The van der Waals surface area contributed by atoms with Crippen LogP contribution in [-0.2, 0) is 19.2 Å². The molecule has 42 heavy (non-hydrogen) atoms. The molecule has 1 aromatic rings. The van der Waals surface area contributed by atoms with Crippen molar-refractivity contribution in [2.45, 2.75) is 153 Å². The summed E-state index contributed by atoms with van der Waals surface area (Å²) in [5, 5.41) is 20.6. The Kier molecular flexibility index (Phi) is 11.7. The minimum Gasteiger partial charge on any atom is -0.459 e. The number of carbonyl (C=O) groups is 2. The second kappa shape index (κ2) is 15.6. The van der Waals surface area contributed by atoms with E-state index in [2.05, 4.69) is 0 Å². The van der Waals surface area contributed by atoms with Crippen molar-refractivity contribution in [3.63, 3.8) is 0 Å². The highest BCUT2D eigenvalue weighted by molar-refractivity contribution is 6.03. The molecule has 0 aromatic heterocycles. The number of esters is 2. The second-order valence-corrected chi connectivity index (χ2v) is 13.2. The zero-order valence-electron chi connectivity index (χ0n) is 25.1. The van der Waals surface area contributed by atoms with Crippen LogP contribution < -0.4 is 0 Å². The van der Waals surface area contributed by atoms with Gasteiger partial charge in [-0.25, -0.2) is 19.4 Å². The van der Waals surface area contributed by atoms with Crippen LogP contribution in [0.4, 0.5) is 0 Å². The van der Waals surface area contributed by atoms with Gasteiger partial charge in [-0.1, -0.05) is 51.4 Å². The van der Waals surface area contributed by atoms with Crippen molar-refractivity contribution in [2.75, 3.05) is 0 Å². The molecule has 4 aliphatic carbocycles. The van der Waals surface area contributed by atoms with E-state index in [-0.39, 0.29) is 35.2 Å². The van der Waals surface area contributed by atoms with Gasteiger partial charge in [0.15, 0.2) is 0 Å². The first kappa shape index (κ1) is 31.4. The number of carbonyl (C=O) groups excluding carboxylic acids is 2. The Morgan fingerprint density at radius 1 is 0.524 bits per heavy atom. The number of hydrogen-bond donors (Lipinski definition) is 2. The Hall–Kier alpha value is -2.00. The minimum absolute atomic E-state index is 0.0375. The predicted molar refractivity (Wildman–Crippen MR) is 157 cm³/mol. The minimum atomic E-state index is -0.716. The third-order valence-electron chi connectivity index (χ3n) is 10.3. The fourth-order valence-corrected chi connectivity index (χ4v) is 7.93. The van der Waals surface area contributed by atoms with Crippen LogP contribution in [0.2, 0.25) is 0 Å². The molecule has 1 aromatic carbocycles. The van der Waals surface area contributed by atoms with Gasteiger partial charge in [0.05, 0.1) is 11.1 Å². The van der Waals surface area contributed by atoms with Crippen molar-refractivity contribution in [1.29, 1.82) is 0 Å². The summed E-state index contributed by atoms with van der Waals surface area (Å²) in [5.41, 5.74) is 1.44. The lowest BCUT2D eigenvalue weighted by Gasteiger charge is -2.34. The van der Waals surface area contributed by atoms with E-state index in [0.717, 1.165) is 128 Å².